The Hall–Kier alpha value is -1.49. The first kappa shape index (κ1) is 16.6. The molecule has 0 heterocycles. The SMILES string of the molecule is CCCCC(NC(=O)c1ccc(CSC)cc1)C(=O)O. The molecular formula is C15H21NO3S. The zero-order valence-corrected chi connectivity index (χ0v) is 12.7. The summed E-state index contributed by atoms with van der Waals surface area (Å²) in [6, 6.07) is 6.45. The molecule has 1 aromatic carbocycles. The lowest BCUT2D eigenvalue weighted by Crippen LogP contribution is -2.40. The van der Waals surface area contributed by atoms with E-state index in [4.69, 9.17) is 5.11 Å². The number of nitrogens with one attached hydrogen (secondary N) is 1. The van der Waals surface area contributed by atoms with E-state index in [1.54, 1.807) is 23.9 Å². The van der Waals surface area contributed by atoms with Crippen molar-refractivity contribution in [3.8, 4) is 0 Å². The van der Waals surface area contributed by atoms with Gasteiger partial charge < -0.3 is 10.4 Å². The molecule has 20 heavy (non-hydrogen) atoms. The van der Waals surface area contributed by atoms with Crippen LogP contribution in [-0.4, -0.2) is 29.3 Å². The number of benzene rings is 1. The highest BCUT2D eigenvalue weighted by atomic mass is 32.2. The number of aliphatic carboxylic acids is 1. The minimum absolute atomic E-state index is 0.329. The standard InChI is InChI=1S/C15H21NO3S/c1-3-4-5-13(15(18)19)16-14(17)12-8-6-11(7-9-12)10-20-2/h6-9,13H,3-5,10H2,1-2H3,(H,16,17)(H,18,19). The van der Waals surface area contributed by atoms with Crippen molar-refractivity contribution in [1.82, 2.24) is 5.32 Å². The molecule has 1 aromatic rings. The number of amides is 1. The van der Waals surface area contributed by atoms with Crippen LogP contribution in [0.5, 0.6) is 0 Å². The molecule has 4 nitrogen and oxygen atoms in total. The maximum Gasteiger partial charge on any atom is 0.326 e. The summed E-state index contributed by atoms with van der Waals surface area (Å²) >= 11 is 1.71. The summed E-state index contributed by atoms with van der Waals surface area (Å²) in [5.41, 5.74) is 1.65. The first-order chi connectivity index (χ1) is 9.58. The fraction of sp³-hybridized carbons (Fsp3) is 0.467. The molecule has 0 saturated carbocycles. The zero-order valence-electron chi connectivity index (χ0n) is 11.9. The van der Waals surface area contributed by atoms with Crippen LogP contribution in [0, 0.1) is 0 Å². The number of carbonyl (C=O) groups is 2. The highest BCUT2D eigenvalue weighted by molar-refractivity contribution is 7.97. The van der Waals surface area contributed by atoms with Gasteiger partial charge >= 0.3 is 5.97 Å². The van der Waals surface area contributed by atoms with E-state index in [2.05, 4.69) is 5.32 Å². The van der Waals surface area contributed by atoms with Crippen LogP contribution >= 0.6 is 11.8 Å². The fourth-order valence-electron chi connectivity index (χ4n) is 1.83. The number of thioether (sulfide) groups is 1. The molecule has 1 atom stereocenters. The molecule has 2 N–H and O–H groups in total. The third kappa shape index (κ3) is 5.25. The Kier molecular flexibility index (Phi) is 7.15. The molecule has 0 bridgehead atoms. The Labute approximate surface area is 124 Å². The molecule has 1 unspecified atom stereocenters. The molecule has 5 heteroatoms. The molecule has 0 aliphatic heterocycles. The number of hydrogen-bond acceptors (Lipinski definition) is 3. The van der Waals surface area contributed by atoms with Crippen LogP contribution < -0.4 is 5.32 Å². The fourth-order valence-corrected chi connectivity index (χ4v) is 2.35. The van der Waals surface area contributed by atoms with Crippen molar-refractivity contribution in [2.75, 3.05) is 6.26 Å². The van der Waals surface area contributed by atoms with E-state index in [1.807, 2.05) is 25.3 Å². The lowest BCUT2D eigenvalue weighted by Gasteiger charge is -2.14. The summed E-state index contributed by atoms with van der Waals surface area (Å²) in [4.78, 5) is 23.1. The maximum atomic E-state index is 12.0. The lowest BCUT2D eigenvalue weighted by molar-refractivity contribution is -0.139. The highest BCUT2D eigenvalue weighted by Gasteiger charge is 2.19. The van der Waals surface area contributed by atoms with Crippen LogP contribution in [0.2, 0.25) is 0 Å². The Morgan fingerprint density at radius 2 is 1.95 bits per heavy atom. The molecule has 1 amide bonds. The van der Waals surface area contributed by atoms with Gasteiger partial charge in [0.1, 0.15) is 6.04 Å². The van der Waals surface area contributed by atoms with Gasteiger partial charge in [0.25, 0.3) is 5.91 Å². The number of unbranched alkanes of at least 4 members (excludes halogenated alkanes) is 1. The van der Waals surface area contributed by atoms with Crippen molar-refractivity contribution in [2.45, 2.75) is 38.0 Å². The van der Waals surface area contributed by atoms with E-state index in [9.17, 15) is 9.59 Å². The smallest absolute Gasteiger partial charge is 0.326 e. The van der Waals surface area contributed by atoms with Crippen molar-refractivity contribution in [3.63, 3.8) is 0 Å². The van der Waals surface area contributed by atoms with E-state index in [1.165, 1.54) is 0 Å². The molecule has 110 valence electrons. The predicted molar refractivity (Wildman–Crippen MR) is 82.1 cm³/mol. The van der Waals surface area contributed by atoms with Gasteiger partial charge in [-0.05, 0) is 30.4 Å². The van der Waals surface area contributed by atoms with Gasteiger partial charge in [0.15, 0.2) is 0 Å². The predicted octanol–water partition coefficient (Wildman–Crippen LogP) is 2.92. The van der Waals surface area contributed by atoms with Gasteiger partial charge in [-0.2, -0.15) is 11.8 Å². The van der Waals surface area contributed by atoms with Crippen molar-refractivity contribution >= 4 is 23.6 Å². The van der Waals surface area contributed by atoms with Crippen LogP contribution in [0.15, 0.2) is 24.3 Å². The molecule has 0 aromatic heterocycles. The Bertz CT molecular complexity index is 445. The molecule has 0 spiro atoms. The molecular weight excluding hydrogens is 274 g/mol. The summed E-state index contributed by atoms with van der Waals surface area (Å²) in [5, 5.41) is 11.7. The maximum absolute atomic E-state index is 12.0. The quantitative estimate of drug-likeness (QED) is 0.774. The monoisotopic (exact) mass is 295 g/mol. The molecule has 1 rings (SSSR count). The van der Waals surface area contributed by atoms with Gasteiger partial charge in [-0.3, -0.25) is 4.79 Å². The Morgan fingerprint density at radius 1 is 1.30 bits per heavy atom. The van der Waals surface area contributed by atoms with Crippen LogP contribution in [-0.2, 0) is 10.5 Å². The Balaban J connectivity index is 2.65. The third-order valence-electron chi connectivity index (χ3n) is 2.98. The second-order valence-corrected chi connectivity index (χ2v) is 5.50. The van der Waals surface area contributed by atoms with Crippen LogP contribution in [0.3, 0.4) is 0 Å². The average molecular weight is 295 g/mol. The van der Waals surface area contributed by atoms with E-state index in [0.29, 0.717) is 12.0 Å². The van der Waals surface area contributed by atoms with Crippen LogP contribution in [0.4, 0.5) is 0 Å². The van der Waals surface area contributed by atoms with Gasteiger partial charge in [0, 0.05) is 11.3 Å². The second kappa shape index (κ2) is 8.64. The summed E-state index contributed by atoms with van der Waals surface area (Å²) in [5.74, 6) is -0.411. The van der Waals surface area contributed by atoms with Crippen LogP contribution in [0.1, 0.15) is 42.1 Å². The number of hydrogen-bond donors (Lipinski definition) is 2. The van der Waals surface area contributed by atoms with Crippen molar-refractivity contribution in [3.05, 3.63) is 35.4 Å². The zero-order chi connectivity index (χ0) is 15.0. The third-order valence-corrected chi connectivity index (χ3v) is 3.60. The summed E-state index contributed by atoms with van der Waals surface area (Å²) < 4.78 is 0. The normalized spacial score (nSPS) is 11.9. The molecule has 0 radical (unpaired) electrons. The topological polar surface area (TPSA) is 66.4 Å². The first-order valence-corrected chi connectivity index (χ1v) is 8.09. The minimum atomic E-state index is -0.981. The van der Waals surface area contributed by atoms with Crippen molar-refractivity contribution < 1.29 is 14.7 Å². The van der Waals surface area contributed by atoms with Gasteiger partial charge in [0.05, 0.1) is 0 Å². The van der Waals surface area contributed by atoms with E-state index < -0.39 is 12.0 Å². The van der Waals surface area contributed by atoms with E-state index in [0.717, 1.165) is 24.2 Å². The number of rotatable bonds is 8. The van der Waals surface area contributed by atoms with Crippen LogP contribution in [0.25, 0.3) is 0 Å². The first-order valence-electron chi connectivity index (χ1n) is 6.70. The summed E-state index contributed by atoms with van der Waals surface area (Å²) in [6.45, 7) is 1.99. The molecule has 0 aliphatic rings. The largest absolute Gasteiger partial charge is 0.480 e. The van der Waals surface area contributed by atoms with Gasteiger partial charge in [-0.15, -0.1) is 0 Å². The number of carboxylic acid groups (broad SMARTS) is 1. The lowest BCUT2D eigenvalue weighted by atomic mass is 10.1. The minimum Gasteiger partial charge on any atom is -0.480 e. The second-order valence-electron chi connectivity index (χ2n) is 4.64. The highest BCUT2D eigenvalue weighted by Crippen LogP contribution is 2.11. The van der Waals surface area contributed by atoms with Gasteiger partial charge in [-0.25, -0.2) is 4.79 Å². The van der Waals surface area contributed by atoms with Gasteiger partial charge in [-0.1, -0.05) is 31.9 Å². The number of carboxylic acids is 1. The molecule has 0 fully saturated rings. The van der Waals surface area contributed by atoms with Gasteiger partial charge in [0.2, 0.25) is 0 Å². The number of carbonyl (C=O) groups excluding carboxylic acids is 1. The average Bonchev–Trinajstić information content (AvgIpc) is 2.44. The van der Waals surface area contributed by atoms with Crippen molar-refractivity contribution in [2.24, 2.45) is 0 Å². The molecule has 0 aliphatic carbocycles. The molecule has 0 saturated heterocycles. The summed E-state index contributed by atoms with van der Waals surface area (Å²) in [7, 11) is 0. The van der Waals surface area contributed by atoms with E-state index >= 15 is 0 Å². The van der Waals surface area contributed by atoms with Crippen molar-refractivity contribution in [1.29, 1.82) is 0 Å². The van der Waals surface area contributed by atoms with E-state index in [-0.39, 0.29) is 5.91 Å². The summed E-state index contributed by atoms with van der Waals surface area (Å²) in [6.07, 6.45) is 4.17. The Morgan fingerprint density at radius 3 is 2.45 bits per heavy atom.